The first-order valence-corrected chi connectivity index (χ1v) is 7.90. The van der Waals surface area contributed by atoms with E-state index in [9.17, 15) is 4.79 Å². The minimum atomic E-state index is -0.0131. The van der Waals surface area contributed by atoms with Gasteiger partial charge in [-0.3, -0.25) is 4.79 Å². The molecule has 0 saturated carbocycles. The minimum Gasteiger partial charge on any atom is -0.494 e. The van der Waals surface area contributed by atoms with Crippen LogP contribution in [0.5, 0.6) is 5.75 Å². The Hall–Kier alpha value is -1.55. The van der Waals surface area contributed by atoms with Gasteiger partial charge in [-0.2, -0.15) is 0 Å². The molecule has 2 N–H and O–H groups in total. The van der Waals surface area contributed by atoms with Crippen LogP contribution < -0.4 is 10.5 Å². The van der Waals surface area contributed by atoms with Crippen LogP contribution in [0.1, 0.15) is 32.6 Å². The number of para-hydroxylation sites is 1. The second-order valence-electron chi connectivity index (χ2n) is 5.77. The van der Waals surface area contributed by atoms with E-state index in [4.69, 9.17) is 10.5 Å². The fourth-order valence-corrected chi connectivity index (χ4v) is 2.81. The van der Waals surface area contributed by atoms with Gasteiger partial charge in [-0.1, -0.05) is 25.1 Å². The first-order chi connectivity index (χ1) is 10.2. The summed E-state index contributed by atoms with van der Waals surface area (Å²) < 4.78 is 5.67. The average Bonchev–Trinajstić information content (AvgIpc) is 2.55. The van der Waals surface area contributed by atoms with Crippen molar-refractivity contribution in [1.82, 2.24) is 4.90 Å². The number of benzene rings is 1. The van der Waals surface area contributed by atoms with Crippen LogP contribution in [0.2, 0.25) is 0 Å². The molecule has 0 spiro atoms. The summed E-state index contributed by atoms with van der Waals surface area (Å²) >= 11 is 0. The second kappa shape index (κ2) is 8.03. The number of rotatable bonds is 6. The van der Waals surface area contributed by atoms with E-state index in [1.165, 1.54) is 6.42 Å². The summed E-state index contributed by atoms with van der Waals surface area (Å²) in [6.45, 7) is 3.97. The number of amides is 1. The standard InChI is InChI=1S/C17H26N2O2/c1-14(10-12-21-16-8-3-2-4-9-16)17(20)19-11-6-5-7-15(19)13-18/h2-4,8-9,14-15H,5-7,10-13,18H2,1H3. The van der Waals surface area contributed by atoms with Gasteiger partial charge in [0, 0.05) is 25.0 Å². The normalized spacial score (nSPS) is 20.1. The Morgan fingerprint density at radius 2 is 2.14 bits per heavy atom. The van der Waals surface area contributed by atoms with Crippen LogP contribution in [0.25, 0.3) is 0 Å². The number of hydrogen-bond acceptors (Lipinski definition) is 3. The number of carbonyl (C=O) groups excluding carboxylic acids is 1. The molecule has 1 fully saturated rings. The van der Waals surface area contributed by atoms with Crippen molar-refractivity contribution in [3.8, 4) is 5.75 Å². The zero-order chi connectivity index (χ0) is 15.1. The number of nitrogens with zero attached hydrogens (tertiary/aromatic N) is 1. The molecule has 1 aliphatic heterocycles. The first-order valence-electron chi connectivity index (χ1n) is 7.90. The number of piperidine rings is 1. The first kappa shape index (κ1) is 15.8. The van der Waals surface area contributed by atoms with Gasteiger partial charge in [-0.05, 0) is 37.8 Å². The summed E-state index contributed by atoms with van der Waals surface area (Å²) in [4.78, 5) is 14.5. The van der Waals surface area contributed by atoms with Gasteiger partial charge in [-0.15, -0.1) is 0 Å². The number of carbonyl (C=O) groups is 1. The Morgan fingerprint density at radius 3 is 2.86 bits per heavy atom. The van der Waals surface area contributed by atoms with E-state index in [0.29, 0.717) is 13.2 Å². The molecule has 1 heterocycles. The quantitative estimate of drug-likeness (QED) is 0.875. The molecule has 4 nitrogen and oxygen atoms in total. The van der Waals surface area contributed by atoms with Crippen molar-refractivity contribution in [2.75, 3.05) is 19.7 Å². The summed E-state index contributed by atoms with van der Waals surface area (Å²) in [5.74, 6) is 1.07. The van der Waals surface area contributed by atoms with Crippen LogP contribution in [0.15, 0.2) is 30.3 Å². The molecule has 116 valence electrons. The molecular formula is C17H26N2O2. The fourth-order valence-electron chi connectivity index (χ4n) is 2.81. The molecule has 0 bridgehead atoms. The van der Waals surface area contributed by atoms with Gasteiger partial charge < -0.3 is 15.4 Å². The predicted octanol–water partition coefficient (Wildman–Crippen LogP) is 2.43. The van der Waals surface area contributed by atoms with Gasteiger partial charge in [0.05, 0.1) is 6.61 Å². The van der Waals surface area contributed by atoms with Gasteiger partial charge in [0.25, 0.3) is 0 Å². The summed E-state index contributed by atoms with van der Waals surface area (Å²) in [6.07, 6.45) is 4.05. The van der Waals surface area contributed by atoms with Crippen molar-refractivity contribution >= 4 is 5.91 Å². The monoisotopic (exact) mass is 290 g/mol. The summed E-state index contributed by atoms with van der Waals surface area (Å²) in [5.41, 5.74) is 5.79. The number of likely N-dealkylation sites (tertiary alicyclic amines) is 1. The average molecular weight is 290 g/mol. The highest BCUT2D eigenvalue weighted by atomic mass is 16.5. The Bertz CT molecular complexity index is 436. The van der Waals surface area contributed by atoms with Crippen molar-refractivity contribution < 1.29 is 9.53 Å². The zero-order valence-corrected chi connectivity index (χ0v) is 12.8. The zero-order valence-electron chi connectivity index (χ0n) is 12.8. The van der Waals surface area contributed by atoms with Crippen LogP contribution in [-0.4, -0.2) is 36.5 Å². The third kappa shape index (κ3) is 4.46. The molecule has 21 heavy (non-hydrogen) atoms. The van der Waals surface area contributed by atoms with Gasteiger partial charge in [-0.25, -0.2) is 0 Å². The number of hydrogen-bond donors (Lipinski definition) is 1. The molecule has 2 unspecified atom stereocenters. The van der Waals surface area contributed by atoms with E-state index in [0.717, 1.165) is 31.6 Å². The lowest BCUT2D eigenvalue weighted by atomic mass is 9.98. The van der Waals surface area contributed by atoms with Crippen molar-refractivity contribution in [3.63, 3.8) is 0 Å². The SMILES string of the molecule is CC(CCOc1ccccc1)C(=O)N1CCCCC1CN. The van der Waals surface area contributed by atoms with Gasteiger partial charge in [0.2, 0.25) is 5.91 Å². The largest absolute Gasteiger partial charge is 0.494 e. The third-order valence-electron chi connectivity index (χ3n) is 4.17. The molecule has 1 saturated heterocycles. The van der Waals surface area contributed by atoms with Gasteiger partial charge in [0.15, 0.2) is 0 Å². The van der Waals surface area contributed by atoms with E-state index in [-0.39, 0.29) is 17.9 Å². The van der Waals surface area contributed by atoms with E-state index < -0.39 is 0 Å². The molecule has 2 atom stereocenters. The Balaban J connectivity index is 1.79. The number of ether oxygens (including phenoxy) is 1. The summed E-state index contributed by atoms with van der Waals surface area (Å²) in [6, 6.07) is 9.95. The molecule has 1 amide bonds. The Morgan fingerprint density at radius 1 is 1.38 bits per heavy atom. The van der Waals surface area contributed by atoms with Crippen molar-refractivity contribution in [3.05, 3.63) is 30.3 Å². The molecule has 4 heteroatoms. The van der Waals surface area contributed by atoms with Gasteiger partial charge >= 0.3 is 0 Å². The number of nitrogens with two attached hydrogens (primary N) is 1. The summed E-state index contributed by atoms with van der Waals surface area (Å²) in [5, 5.41) is 0. The van der Waals surface area contributed by atoms with Crippen LogP contribution in [0.4, 0.5) is 0 Å². The summed E-state index contributed by atoms with van der Waals surface area (Å²) in [7, 11) is 0. The fraction of sp³-hybridized carbons (Fsp3) is 0.588. The highest BCUT2D eigenvalue weighted by molar-refractivity contribution is 5.79. The van der Waals surface area contributed by atoms with Crippen LogP contribution in [0, 0.1) is 5.92 Å². The smallest absolute Gasteiger partial charge is 0.225 e. The van der Waals surface area contributed by atoms with Crippen molar-refractivity contribution in [2.24, 2.45) is 11.7 Å². The second-order valence-corrected chi connectivity index (χ2v) is 5.77. The van der Waals surface area contributed by atoms with E-state index in [1.807, 2.05) is 42.2 Å². The van der Waals surface area contributed by atoms with Crippen LogP contribution in [0.3, 0.4) is 0 Å². The minimum absolute atomic E-state index is 0.0131. The lowest BCUT2D eigenvalue weighted by molar-refractivity contribution is -0.138. The molecular weight excluding hydrogens is 264 g/mol. The Kier molecular flexibility index (Phi) is 6.05. The van der Waals surface area contributed by atoms with Gasteiger partial charge in [0.1, 0.15) is 5.75 Å². The molecule has 0 aliphatic carbocycles. The molecule has 0 aromatic heterocycles. The topological polar surface area (TPSA) is 55.6 Å². The predicted molar refractivity (Wildman–Crippen MR) is 84.1 cm³/mol. The molecule has 0 radical (unpaired) electrons. The Labute approximate surface area is 127 Å². The molecule has 1 aliphatic rings. The molecule has 2 rings (SSSR count). The van der Waals surface area contributed by atoms with Crippen molar-refractivity contribution in [2.45, 2.75) is 38.6 Å². The maximum atomic E-state index is 12.5. The maximum absolute atomic E-state index is 12.5. The van der Waals surface area contributed by atoms with Crippen LogP contribution >= 0.6 is 0 Å². The van der Waals surface area contributed by atoms with E-state index in [1.54, 1.807) is 0 Å². The molecule has 1 aromatic carbocycles. The van der Waals surface area contributed by atoms with E-state index in [2.05, 4.69) is 0 Å². The third-order valence-corrected chi connectivity index (χ3v) is 4.17. The van der Waals surface area contributed by atoms with Crippen LogP contribution in [-0.2, 0) is 4.79 Å². The lowest BCUT2D eigenvalue weighted by Gasteiger charge is -2.36. The lowest BCUT2D eigenvalue weighted by Crippen LogP contribution is -2.49. The maximum Gasteiger partial charge on any atom is 0.225 e. The van der Waals surface area contributed by atoms with E-state index >= 15 is 0 Å². The molecule has 1 aromatic rings. The highest BCUT2D eigenvalue weighted by Crippen LogP contribution is 2.20. The van der Waals surface area contributed by atoms with Crippen molar-refractivity contribution in [1.29, 1.82) is 0 Å². The highest BCUT2D eigenvalue weighted by Gasteiger charge is 2.28.